The predicted octanol–water partition coefficient (Wildman–Crippen LogP) is 3.25. The van der Waals surface area contributed by atoms with E-state index >= 15 is 0 Å². The molecule has 0 unspecified atom stereocenters. The van der Waals surface area contributed by atoms with Crippen molar-refractivity contribution < 1.29 is 9.53 Å². The fraction of sp³-hybridized carbons (Fsp3) is 0.174. The molecule has 4 rings (SSSR count). The second kappa shape index (κ2) is 8.65. The number of nitrogens with zero attached hydrogens (tertiary/aromatic N) is 4. The Morgan fingerprint density at radius 3 is 2.60 bits per heavy atom. The highest BCUT2D eigenvalue weighted by molar-refractivity contribution is 5.94. The molecule has 7 heteroatoms. The first-order chi connectivity index (χ1) is 14.7. The second-order valence-electron chi connectivity index (χ2n) is 6.86. The molecule has 0 aliphatic carbocycles. The first-order valence-electron chi connectivity index (χ1n) is 9.70. The molecule has 152 valence electrons. The molecule has 30 heavy (non-hydrogen) atoms. The molecule has 7 nitrogen and oxygen atoms in total. The van der Waals surface area contributed by atoms with Crippen molar-refractivity contribution in [3.05, 3.63) is 84.4 Å². The van der Waals surface area contributed by atoms with Crippen LogP contribution in [0.4, 0.5) is 0 Å². The summed E-state index contributed by atoms with van der Waals surface area (Å²) >= 11 is 0. The SMILES string of the molecule is COc1ccc(-n2nc(-c3cccn3C)cc2C(=O)NCCc2ccccn2)cc1. The highest BCUT2D eigenvalue weighted by Crippen LogP contribution is 2.23. The molecule has 0 atom stereocenters. The molecule has 0 aliphatic rings. The molecule has 0 aliphatic heterocycles. The van der Waals surface area contributed by atoms with Gasteiger partial charge in [-0.05, 0) is 54.6 Å². The van der Waals surface area contributed by atoms with Gasteiger partial charge in [0.25, 0.3) is 5.91 Å². The summed E-state index contributed by atoms with van der Waals surface area (Å²) in [6.45, 7) is 0.489. The Morgan fingerprint density at radius 2 is 1.93 bits per heavy atom. The minimum absolute atomic E-state index is 0.185. The smallest absolute Gasteiger partial charge is 0.270 e. The van der Waals surface area contributed by atoms with Crippen LogP contribution in [0.1, 0.15) is 16.2 Å². The average molecular weight is 401 g/mol. The van der Waals surface area contributed by atoms with Gasteiger partial charge in [-0.25, -0.2) is 4.68 Å². The zero-order valence-electron chi connectivity index (χ0n) is 16.9. The Kier molecular flexibility index (Phi) is 5.61. The van der Waals surface area contributed by atoms with E-state index in [1.165, 1.54) is 0 Å². The molecule has 1 aromatic carbocycles. The molecular formula is C23H23N5O2. The number of amides is 1. The number of benzene rings is 1. The van der Waals surface area contributed by atoms with E-state index in [4.69, 9.17) is 9.84 Å². The fourth-order valence-corrected chi connectivity index (χ4v) is 3.26. The van der Waals surface area contributed by atoms with E-state index in [-0.39, 0.29) is 5.91 Å². The maximum Gasteiger partial charge on any atom is 0.270 e. The molecule has 1 N–H and O–H groups in total. The maximum atomic E-state index is 13.0. The Labute approximate surface area is 174 Å². The van der Waals surface area contributed by atoms with Crippen LogP contribution < -0.4 is 10.1 Å². The van der Waals surface area contributed by atoms with E-state index < -0.39 is 0 Å². The van der Waals surface area contributed by atoms with Crippen molar-refractivity contribution >= 4 is 5.91 Å². The van der Waals surface area contributed by atoms with Gasteiger partial charge in [0.2, 0.25) is 0 Å². The van der Waals surface area contributed by atoms with E-state index in [9.17, 15) is 4.79 Å². The highest BCUT2D eigenvalue weighted by atomic mass is 16.5. The number of aromatic nitrogens is 4. The molecule has 4 aromatic rings. The Bertz CT molecular complexity index is 1130. The van der Waals surface area contributed by atoms with Gasteiger partial charge >= 0.3 is 0 Å². The highest BCUT2D eigenvalue weighted by Gasteiger charge is 2.18. The van der Waals surface area contributed by atoms with Crippen molar-refractivity contribution in [1.82, 2.24) is 24.6 Å². The summed E-state index contributed by atoms with van der Waals surface area (Å²) in [4.78, 5) is 17.3. The van der Waals surface area contributed by atoms with Crippen molar-refractivity contribution in [2.45, 2.75) is 6.42 Å². The summed E-state index contributed by atoms with van der Waals surface area (Å²) in [6.07, 6.45) is 4.37. The molecule has 3 heterocycles. The Hall–Kier alpha value is -3.87. The third kappa shape index (κ3) is 4.10. The topological polar surface area (TPSA) is 74.0 Å². The molecule has 0 bridgehead atoms. The minimum atomic E-state index is -0.185. The summed E-state index contributed by atoms with van der Waals surface area (Å²) < 4.78 is 8.88. The summed E-state index contributed by atoms with van der Waals surface area (Å²) in [5.74, 6) is 0.560. The van der Waals surface area contributed by atoms with E-state index in [1.807, 2.05) is 78.5 Å². The van der Waals surface area contributed by atoms with Gasteiger partial charge < -0.3 is 14.6 Å². The zero-order valence-corrected chi connectivity index (χ0v) is 16.9. The first-order valence-corrected chi connectivity index (χ1v) is 9.70. The predicted molar refractivity (Wildman–Crippen MR) is 115 cm³/mol. The van der Waals surface area contributed by atoms with Crippen LogP contribution in [0, 0.1) is 0 Å². The van der Waals surface area contributed by atoms with Gasteiger partial charge in [0, 0.05) is 38.1 Å². The van der Waals surface area contributed by atoms with Crippen molar-refractivity contribution in [2.24, 2.45) is 7.05 Å². The molecule has 0 spiro atoms. The van der Waals surface area contributed by atoms with Crippen LogP contribution in [0.5, 0.6) is 5.75 Å². The third-order valence-corrected chi connectivity index (χ3v) is 4.86. The molecule has 0 saturated heterocycles. The molecule has 0 saturated carbocycles. The lowest BCUT2D eigenvalue weighted by atomic mass is 10.2. The van der Waals surface area contributed by atoms with Gasteiger partial charge in [-0.3, -0.25) is 9.78 Å². The van der Waals surface area contributed by atoms with E-state index in [2.05, 4.69) is 10.3 Å². The van der Waals surface area contributed by atoms with Crippen molar-refractivity contribution in [3.8, 4) is 22.8 Å². The number of carbonyl (C=O) groups is 1. The van der Waals surface area contributed by atoms with Crippen LogP contribution in [-0.4, -0.2) is 38.9 Å². The average Bonchev–Trinajstić information content (AvgIpc) is 3.41. The third-order valence-electron chi connectivity index (χ3n) is 4.86. The van der Waals surface area contributed by atoms with Crippen LogP contribution in [0.15, 0.2) is 73.1 Å². The number of pyridine rings is 1. The number of ether oxygens (including phenoxy) is 1. The van der Waals surface area contributed by atoms with Crippen LogP contribution >= 0.6 is 0 Å². The van der Waals surface area contributed by atoms with E-state index in [0.717, 1.165) is 28.5 Å². The molecular weight excluding hydrogens is 378 g/mol. The first kappa shape index (κ1) is 19.4. The monoisotopic (exact) mass is 401 g/mol. The minimum Gasteiger partial charge on any atom is -0.497 e. The lowest BCUT2D eigenvalue weighted by molar-refractivity contribution is 0.0946. The van der Waals surface area contributed by atoms with Gasteiger partial charge in [-0.15, -0.1) is 0 Å². The Balaban J connectivity index is 1.61. The number of hydrogen-bond acceptors (Lipinski definition) is 4. The number of rotatable bonds is 7. The summed E-state index contributed by atoms with van der Waals surface area (Å²) in [5, 5.41) is 7.69. The van der Waals surface area contributed by atoms with Gasteiger partial charge in [-0.1, -0.05) is 6.07 Å². The van der Waals surface area contributed by atoms with Crippen LogP contribution in [0.2, 0.25) is 0 Å². The van der Waals surface area contributed by atoms with Gasteiger partial charge in [0.15, 0.2) is 0 Å². The Morgan fingerprint density at radius 1 is 1.10 bits per heavy atom. The summed E-state index contributed by atoms with van der Waals surface area (Å²) in [7, 11) is 3.57. The normalized spacial score (nSPS) is 10.7. The summed E-state index contributed by atoms with van der Waals surface area (Å²) in [6, 6.07) is 19.0. The number of methoxy groups -OCH3 is 1. The van der Waals surface area contributed by atoms with Gasteiger partial charge in [0.05, 0.1) is 18.5 Å². The molecule has 3 aromatic heterocycles. The quantitative estimate of drug-likeness (QED) is 0.516. The molecule has 0 fully saturated rings. The van der Waals surface area contributed by atoms with Crippen molar-refractivity contribution in [2.75, 3.05) is 13.7 Å². The lowest BCUT2D eigenvalue weighted by Gasteiger charge is -2.09. The standard InChI is InChI=1S/C23H23N5O2/c1-27-15-5-7-21(27)20-16-22(23(29)25-14-12-17-6-3-4-13-24-17)28(26-20)18-8-10-19(30-2)11-9-18/h3-11,13,15-16H,12,14H2,1-2H3,(H,25,29). The van der Waals surface area contributed by atoms with E-state index in [0.29, 0.717) is 18.7 Å². The van der Waals surface area contributed by atoms with E-state index in [1.54, 1.807) is 18.0 Å². The number of nitrogens with one attached hydrogen (secondary N) is 1. The fourth-order valence-electron chi connectivity index (χ4n) is 3.26. The lowest BCUT2D eigenvalue weighted by Crippen LogP contribution is -2.28. The largest absolute Gasteiger partial charge is 0.497 e. The number of carbonyl (C=O) groups excluding carboxylic acids is 1. The number of hydrogen-bond donors (Lipinski definition) is 1. The summed E-state index contributed by atoms with van der Waals surface area (Å²) in [5.41, 5.74) is 3.85. The van der Waals surface area contributed by atoms with Gasteiger partial charge in [-0.2, -0.15) is 5.10 Å². The second-order valence-corrected chi connectivity index (χ2v) is 6.86. The van der Waals surface area contributed by atoms with Gasteiger partial charge in [0.1, 0.15) is 17.1 Å². The zero-order chi connectivity index (χ0) is 20.9. The molecule has 1 amide bonds. The van der Waals surface area contributed by atoms with Crippen molar-refractivity contribution in [1.29, 1.82) is 0 Å². The van der Waals surface area contributed by atoms with Crippen LogP contribution in [0.3, 0.4) is 0 Å². The van der Waals surface area contributed by atoms with Crippen LogP contribution in [-0.2, 0) is 13.5 Å². The van der Waals surface area contributed by atoms with Crippen LogP contribution in [0.25, 0.3) is 17.1 Å². The molecule has 0 radical (unpaired) electrons. The van der Waals surface area contributed by atoms with Crippen molar-refractivity contribution in [3.63, 3.8) is 0 Å². The maximum absolute atomic E-state index is 13.0. The number of aryl methyl sites for hydroxylation is 1.